The number of nitrogens with one attached hydrogen (secondary N) is 1. The van der Waals surface area contributed by atoms with E-state index < -0.39 is 6.10 Å². The number of methoxy groups -OCH3 is 1. The van der Waals surface area contributed by atoms with Gasteiger partial charge in [0.15, 0.2) is 0 Å². The summed E-state index contributed by atoms with van der Waals surface area (Å²) >= 11 is 1.56. The van der Waals surface area contributed by atoms with Gasteiger partial charge in [-0.1, -0.05) is 30.3 Å². The zero-order valence-corrected chi connectivity index (χ0v) is 19.9. The second kappa shape index (κ2) is 10.4. The fourth-order valence-electron chi connectivity index (χ4n) is 3.25. The van der Waals surface area contributed by atoms with E-state index in [4.69, 9.17) is 14.8 Å². The number of benzene rings is 1. The molecular weight excluding hydrogens is 454 g/mol. The van der Waals surface area contributed by atoms with E-state index in [-0.39, 0.29) is 5.91 Å². The summed E-state index contributed by atoms with van der Waals surface area (Å²) in [4.78, 5) is 25.6. The first-order valence-electron chi connectivity index (χ1n) is 10.6. The highest BCUT2D eigenvalue weighted by Gasteiger charge is 2.26. The third kappa shape index (κ3) is 5.38. The number of likely N-dealkylation sites (N-methyl/N-ethyl adjacent to an activating group) is 1. The lowest BCUT2D eigenvalue weighted by molar-refractivity contribution is -0.133. The Labute approximate surface area is 200 Å². The standard InChI is InChI=1S/C18H16N6OS.C5H9NO2/c1-24-15(10-16(23-24)25-2)22-18-19-9-8-13(21-18)17-20-14(11-26-17)12-6-4-3-5-7-12;1-6-3-2-4(7)5(6)8/h3-11H,1-2H3,(H,19,21,22);4,7H,2-3H2,1H3. The molecule has 0 bridgehead atoms. The Bertz CT molecular complexity index is 1250. The fourth-order valence-corrected chi connectivity index (χ4v) is 4.04. The second-order valence-corrected chi connectivity index (χ2v) is 8.41. The molecule has 1 atom stereocenters. The van der Waals surface area contributed by atoms with Crippen LogP contribution >= 0.6 is 11.3 Å². The highest BCUT2D eigenvalue weighted by Crippen LogP contribution is 2.28. The monoisotopic (exact) mass is 479 g/mol. The number of anilines is 2. The molecule has 4 aromatic rings. The summed E-state index contributed by atoms with van der Waals surface area (Å²) in [6.45, 7) is 0.694. The van der Waals surface area contributed by atoms with Crippen molar-refractivity contribution >= 4 is 29.0 Å². The van der Waals surface area contributed by atoms with Gasteiger partial charge in [0.2, 0.25) is 11.8 Å². The average molecular weight is 480 g/mol. The molecule has 10 nitrogen and oxygen atoms in total. The Morgan fingerprint density at radius 1 is 1.15 bits per heavy atom. The summed E-state index contributed by atoms with van der Waals surface area (Å²) in [5.74, 6) is 1.59. The number of aliphatic hydroxyl groups is 1. The van der Waals surface area contributed by atoms with Crippen LogP contribution in [0.4, 0.5) is 11.8 Å². The molecule has 1 unspecified atom stereocenters. The number of rotatable bonds is 5. The first kappa shape index (κ1) is 23.3. The Morgan fingerprint density at radius 2 is 1.94 bits per heavy atom. The molecular formula is C23H25N7O3S. The van der Waals surface area contributed by atoms with E-state index in [1.54, 1.807) is 42.4 Å². The van der Waals surface area contributed by atoms with Crippen molar-refractivity contribution in [2.24, 2.45) is 7.05 Å². The van der Waals surface area contributed by atoms with Crippen molar-refractivity contribution in [2.45, 2.75) is 12.5 Å². The van der Waals surface area contributed by atoms with Gasteiger partial charge in [-0.15, -0.1) is 16.4 Å². The first-order chi connectivity index (χ1) is 16.4. The van der Waals surface area contributed by atoms with Crippen molar-refractivity contribution in [3.05, 3.63) is 54.0 Å². The number of thiazole rings is 1. The van der Waals surface area contributed by atoms with E-state index in [2.05, 4.69) is 20.4 Å². The first-order valence-corrected chi connectivity index (χ1v) is 11.4. The number of aliphatic hydroxyl groups excluding tert-OH is 1. The summed E-state index contributed by atoms with van der Waals surface area (Å²) in [5, 5.41) is 19.0. The van der Waals surface area contributed by atoms with Gasteiger partial charge >= 0.3 is 0 Å². The van der Waals surface area contributed by atoms with Crippen LogP contribution in [0.25, 0.3) is 22.0 Å². The lowest BCUT2D eigenvalue weighted by atomic mass is 10.2. The van der Waals surface area contributed by atoms with E-state index in [1.165, 1.54) is 4.90 Å². The lowest BCUT2D eigenvalue weighted by Gasteiger charge is -2.05. The zero-order chi connectivity index (χ0) is 24.1. The number of aryl methyl sites for hydroxylation is 1. The van der Waals surface area contributed by atoms with Crippen LogP contribution in [0.3, 0.4) is 0 Å². The van der Waals surface area contributed by atoms with Gasteiger partial charge in [0.05, 0.1) is 12.8 Å². The van der Waals surface area contributed by atoms with Crippen LogP contribution < -0.4 is 10.1 Å². The lowest BCUT2D eigenvalue weighted by Crippen LogP contribution is -2.24. The van der Waals surface area contributed by atoms with Crippen molar-refractivity contribution in [1.29, 1.82) is 0 Å². The largest absolute Gasteiger partial charge is 0.480 e. The Kier molecular flexibility index (Phi) is 7.14. The van der Waals surface area contributed by atoms with Crippen LogP contribution in [0.15, 0.2) is 54.0 Å². The summed E-state index contributed by atoms with van der Waals surface area (Å²) < 4.78 is 6.80. The van der Waals surface area contributed by atoms with E-state index in [0.717, 1.165) is 27.8 Å². The molecule has 176 valence electrons. The predicted molar refractivity (Wildman–Crippen MR) is 130 cm³/mol. The maximum absolute atomic E-state index is 10.6. The molecule has 1 aliphatic heterocycles. The minimum atomic E-state index is -0.722. The smallest absolute Gasteiger partial charge is 0.251 e. The van der Waals surface area contributed by atoms with Crippen LogP contribution in [-0.4, -0.2) is 67.5 Å². The number of nitrogens with zero attached hydrogens (tertiary/aromatic N) is 6. The van der Waals surface area contributed by atoms with Gasteiger partial charge in [0.25, 0.3) is 5.91 Å². The molecule has 0 saturated carbocycles. The normalized spacial score (nSPS) is 15.1. The molecule has 2 N–H and O–H groups in total. The van der Waals surface area contributed by atoms with Gasteiger partial charge < -0.3 is 20.1 Å². The third-order valence-electron chi connectivity index (χ3n) is 5.15. The molecule has 0 radical (unpaired) electrons. The molecule has 5 rings (SSSR count). The SMILES string of the molecule is CN1CCC(O)C1=O.COc1cc(Nc2nccc(-c3nc(-c4ccccc4)cs3)n2)n(C)n1. The van der Waals surface area contributed by atoms with Crippen LogP contribution in [-0.2, 0) is 11.8 Å². The maximum Gasteiger partial charge on any atom is 0.251 e. The van der Waals surface area contributed by atoms with Crippen molar-refractivity contribution in [3.63, 3.8) is 0 Å². The molecule has 0 spiro atoms. The summed E-state index contributed by atoms with van der Waals surface area (Å²) in [5.41, 5.74) is 2.79. The molecule has 1 aromatic carbocycles. The van der Waals surface area contributed by atoms with Crippen molar-refractivity contribution in [1.82, 2.24) is 29.6 Å². The predicted octanol–water partition coefficient (Wildman–Crippen LogP) is 2.96. The zero-order valence-electron chi connectivity index (χ0n) is 19.0. The number of likely N-dealkylation sites (tertiary alicyclic amines) is 1. The van der Waals surface area contributed by atoms with Crippen LogP contribution in [0.1, 0.15) is 6.42 Å². The average Bonchev–Trinajstić information content (AvgIpc) is 3.57. The molecule has 1 fully saturated rings. The molecule has 3 aromatic heterocycles. The maximum atomic E-state index is 10.6. The minimum absolute atomic E-state index is 0.148. The quantitative estimate of drug-likeness (QED) is 0.449. The molecule has 34 heavy (non-hydrogen) atoms. The van der Waals surface area contributed by atoms with Gasteiger partial charge in [-0.25, -0.2) is 19.6 Å². The topological polar surface area (TPSA) is 118 Å². The molecule has 1 saturated heterocycles. The summed E-state index contributed by atoms with van der Waals surface area (Å²) in [6, 6.07) is 13.7. The number of carbonyl (C=O) groups excluding carboxylic acids is 1. The van der Waals surface area contributed by atoms with Gasteiger partial charge in [-0.05, 0) is 12.5 Å². The minimum Gasteiger partial charge on any atom is -0.480 e. The third-order valence-corrected chi connectivity index (χ3v) is 6.02. The van der Waals surface area contributed by atoms with Crippen LogP contribution in [0, 0.1) is 0 Å². The highest BCUT2D eigenvalue weighted by molar-refractivity contribution is 7.13. The van der Waals surface area contributed by atoms with Gasteiger partial charge in [0, 0.05) is 43.8 Å². The van der Waals surface area contributed by atoms with Gasteiger partial charge in [-0.3, -0.25) is 4.79 Å². The van der Waals surface area contributed by atoms with Crippen LogP contribution in [0.2, 0.25) is 0 Å². The van der Waals surface area contributed by atoms with Gasteiger partial charge in [-0.2, -0.15) is 0 Å². The number of hydrogen-bond donors (Lipinski definition) is 2. The number of carbonyl (C=O) groups is 1. The van der Waals surface area contributed by atoms with Crippen LogP contribution in [0.5, 0.6) is 5.88 Å². The van der Waals surface area contributed by atoms with E-state index >= 15 is 0 Å². The molecule has 1 amide bonds. The Balaban J connectivity index is 0.000000291. The summed E-state index contributed by atoms with van der Waals surface area (Å²) in [6.07, 6.45) is 1.58. The van der Waals surface area contributed by atoms with Gasteiger partial charge in [0.1, 0.15) is 22.6 Å². The molecule has 4 heterocycles. The van der Waals surface area contributed by atoms with E-state index in [9.17, 15) is 4.79 Å². The van der Waals surface area contributed by atoms with E-state index in [0.29, 0.717) is 24.8 Å². The Morgan fingerprint density at radius 3 is 2.56 bits per heavy atom. The number of ether oxygens (including phenoxy) is 1. The van der Waals surface area contributed by atoms with Crippen molar-refractivity contribution < 1.29 is 14.6 Å². The molecule has 1 aliphatic rings. The van der Waals surface area contributed by atoms with Crippen molar-refractivity contribution in [2.75, 3.05) is 26.0 Å². The second-order valence-electron chi connectivity index (χ2n) is 7.55. The fraction of sp³-hybridized carbons (Fsp3) is 0.261. The Hall–Kier alpha value is -3.83. The summed E-state index contributed by atoms with van der Waals surface area (Å²) in [7, 11) is 5.09. The molecule has 11 heteroatoms. The van der Waals surface area contributed by atoms with E-state index in [1.807, 2.05) is 48.8 Å². The number of amides is 1. The molecule has 0 aliphatic carbocycles. The highest BCUT2D eigenvalue weighted by atomic mass is 32.1. The van der Waals surface area contributed by atoms with Crippen molar-refractivity contribution in [3.8, 4) is 27.8 Å². The number of aromatic nitrogens is 5. The number of hydrogen-bond acceptors (Lipinski definition) is 9.